The third kappa shape index (κ3) is 2.31. The first-order chi connectivity index (χ1) is 9.40. The Kier molecular flexibility index (Phi) is 3.42. The highest BCUT2D eigenvalue weighted by Gasteiger charge is 2.13. The third-order valence-electron chi connectivity index (χ3n) is 2.90. The molecule has 4 heteroatoms. The van der Waals surface area contributed by atoms with Gasteiger partial charge in [0.15, 0.2) is 5.82 Å². The lowest BCUT2D eigenvalue weighted by Crippen LogP contribution is -2.01. The molecule has 19 heavy (non-hydrogen) atoms. The predicted octanol–water partition coefficient (Wildman–Crippen LogP) is 3.83. The van der Waals surface area contributed by atoms with Gasteiger partial charge in [-0.05, 0) is 12.1 Å². The Morgan fingerprint density at radius 3 is 2.11 bits per heavy atom. The monoisotopic (exact) mass is 313 g/mol. The van der Waals surface area contributed by atoms with Crippen LogP contribution in [0.4, 0.5) is 0 Å². The van der Waals surface area contributed by atoms with E-state index in [2.05, 4.69) is 42.8 Å². The fraction of sp³-hybridized carbons (Fsp3) is 0.0667. The van der Waals surface area contributed by atoms with Crippen molar-refractivity contribution < 1.29 is 0 Å². The molecule has 0 radical (unpaired) electrons. The molecule has 0 fully saturated rings. The highest BCUT2D eigenvalue weighted by molar-refractivity contribution is 9.08. The molecule has 2 aromatic carbocycles. The molecular weight excluding hydrogens is 302 g/mol. The van der Waals surface area contributed by atoms with E-state index in [-0.39, 0.29) is 0 Å². The largest absolute Gasteiger partial charge is 0.278 e. The summed E-state index contributed by atoms with van der Waals surface area (Å²) in [5.41, 5.74) is 2.13. The van der Waals surface area contributed by atoms with E-state index in [1.54, 1.807) is 0 Å². The maximum Gasteiger partial charge on any atom is 0.168 e. The first kappa shape index (κ1) is 12.1. The molecule has 3 nitrogen and oxygen atoms in total. The second kappa shape index (κ2) is 5.36. The average Bonchev–Trinajstić information content (AvgIpc) is 2.93. The van der Waals surface area contributed by atoms with E-state index in [1.165, 1.54) is 0 Å². The smallest absolute Gasteiger partial charge is 0.168 e. The van der Waals surface area contributed by atoms with Gasteiger partial charge < -0.3 is 0 Å². The van der Waals surface area contributed by atoms with Crippen LogP contribution in [0.1, 0.15) is 5.82 Å². The molecule has 0 aliphatic heterocycles. The Morgan fingerprint density at radius 2 is 1.47 bits per heavy atom. The lowest BCUT2D eigenvalue weighted by molar-refractivity contribution is 0.962. The Hall–Kier alpha value is -1.94. The van der Waals surface area contributed by atoms with Crippen molar-refractivity contribution in [3.8, 4) is 17.1 Å². The number of hydrogen-bond acceptors (Lipinski definition) is 2. The number of halogens is 1. The summed E-state index contributed by atoms with van der Waals surface area (Å²) in [6, 6.07) is 20.2. The number of para-hydroxylation sites is 1. The molecule has 1 heterocycles. The summed E-state index contributed by atoms with van der Waals surface area (Å²) in [4.78, 5) is 0. The van der Waals surface area contributed by atoms with Crippen LogP contribution in [0.5, 0.6) is 0 Å². The Bertz CT molecular complexity index is 662. The third-order valence-corrected chi connectivity index (χ3v) is 3.40. The molecule has 0 unspecified atom stereocenters. The van der Waals surface area contributed by atoms with Crippen LogP contribution < -0.4 is 0 Å². The first-order valence-electron chi connectivity index (χ1n) is 6.01. The van der Waals surface area contributed by atoms with Crippen molar-refractivity contribution in [3.63, 3.8) is 0 Å². The summed E-state index contributed by atoms with van der Waals surface area (Å²) in [5, 5.41) is 9.24. The molecule has 1 aromatic heterocycles. The quantitative estimate of drug-likeness (QED) is 0.688. The van der Waals surface area contributed by atoms with E-state index < -0.39 is 0 Å². The van der Waals surface area contributed by atoms with E-state index in [0.29, 0.717) is 5.33 Å². The fourth-order valence-electron chi connectivity index (χ4n) is 2.03. The summed E-state index contributed by atoms with van der Waals surface area (Å²) >= 11 is 3.47. The second-order valence-electron chi connectivity index (χ2n) is 4.11. The SMILES string of the molecule is BrCc1nnc(-c2ccccc2)n1-c1ccccc1. The molecule has 0 saturated heterocycles. The van der Waals surface area contributed by atoms with Crippen LogP contribution in [-0.2, 0) is 5.33 Å². The van der Waals surface area contributed by atoms with Gasteiger partial charge in [0.25, 0.3) is 0 Å². The van der Waals surface area contributed by atoms with Crippen LogP contribution in [0.15, 0.2) is 60.7 Å². The summed E-state index contributed by atoms with van der Waals surface area (Å²) < 4.78 is 2.07. The van der Waals surface area contributed by atoms with Crippen LogP contribution in [0.2, 0.25) is 0 Å². The van der Waals surface area contributed by atoms with Crippen molar-refractivity contribution in [3.05, 3.63) is 66.5 Å². The van der Waals surface area contributed by atoms with Crippen molar-refractivity contribution in [1.29, 1.82) is 0 Å². The number of nitrogens with zero attached hydrogens (tertiary/aromatic N) is 3. The van der Waals surface area contributed by atoms with E-state index in [1.807, 2.05) is 48.5 Å². The van der Waals surface area contributed by atoms with Gasteiger partial charge in [0.1, 0.15) is 5.82 Å². The van der Waals surface area contributed by atoms with Crippen molar-refractivity contribution in [1.82, 2.24) is 14.8 Å². The Balaban J connectivity index is 2.20. The van der Waals surface area contributed by atoms with E-state index in [0.717, 1.165) is 22.9 Å². The zero-order valence-electron chi connectivity index (χ0n) is 10.2. The number of alkyl halides is 1. The van der Waals surface area contributed by atoms with Crippen LogP contribution >= 0.6 is 15.9 Å². The van der Waals surface area contributed by atoms with Gasteiger partial charge in [-0.1, -0.05) is 64.5 Å². The molecule has 3 aromatic rings. The van der Waals surface area contributed by atoms with Crippen LogP contribution in [0.25, 0.3) is 17.1 Å². The van der Waals surface area contributed by atoms with Gasteiger partial charge in [0.05, 0.1) is 5.33 Å². The van der Waals surface area contributed by atoms with Gasteiger partial charge in [-0.15, -0.1) is 10.2 Å². The minimum absolute atomic E-state index is 0.668. The molecule has 0 bridgehead atoms. The van der Waals surface area contributed by atoms with E-state index >= 15 is 0 Å². The van der Waals surface area contributed by atoms with Gasteiger partial charge in [0.2, 0.25) is 0 Å². The standard InChI is InChI=1S/C15H12BrN3/c16-11-14-17-18-15(12-7-3-1-4-8-12)19(14)13-9-5-2-6-10-13/h1-10H,11H2. The molecule has 3 rings (SSSR count). The first-order valence-corrected chi connectivity index (χ1v) is 7.13. The van der Waals surface area contributed by atoms with Gasteiger partial charge in [-0.2, -0.15) is 0 Å². The zero-order chi connectivity index (χ0) is 13.1. The normalized spacial score (nSPS) is 10.6. The van der Waals surface area contributed by atoms with Gasteiger partial charge in [-0.25, -0.2) is 0 Å². The van der Waals surface area contributed by atoms with E-state index in [4.69, 9.17) is 0 Å². The number of aromatic nitrogens is 3. The maximum atomic E-state index is 4.32. The number of hydrogen-bond donors (Lipinski definition) is 0. The van der Waals surface area contributed by atoms with Gasteiger partial charge in [0, 0.05) is 11.3 Å². The van der Waals surface area contributed by atoms with Gasteiger partial charge >= 0.3 is 0 Å². The molecular formula is C15H12BrN3. The highest BCUT2D eigenvalue weighted by atomic mass is 79.9. The maximum absolute atomic E-state index is 4.32. The molecule has 0 atom stereocenters. The number of rotatable bonds is 3. The van der Waals surface area contributed by atoms with Gasteiger partial charge in [-0.3, -0.25) is 4.57 Å². The van der Waals surface area contributed by atoms with Crippen molar-refractivity contribution >= 4 is 15.9 Å². The van der Waals surface area contributed by atoms with Crippen LogP contribution in [-0.4, -0.2) is 14.8 Å². The van der Waals surface area contributed by atoms with Crippen molar-refractivity contribution in [2.45, 2.75) is 5.33 Å². The topological polar surface area (TPSA) is 30.7 Å². The lowest BCUT2D eigenvalue weighted by Gasteiger charge is -2.09. The van der Waals surface area contributed by atoms with Crippen molar-refractivity contribution in [2.24, 2.45) is 0 Å². The molecule has 94 valence electrons. The summed E-state index contributed by atoms with van der Waals surface area (Å²) in [7, 11) is 0. The van der Waals surface area contributed by atoms with Crippen molar-refractivity contribution in [2.75, 3.05) is 0 Å². The minimum atomic E-state index is 0.668. The zero-order valence-corrected chi connectivity index (χ0v) is 11.8. The van der Waals surface area contributed by atoms with Crippen LogP contribution in [0, 0.1) is 0 Å². The van der Waals surface area contributed by atoms with E-state index in [9.17, 15) is 0 Å². The van der Waals surface area contributed by atoms with Crippen LogP contribution in [0.3, 0.4) is 0 Å². The highest BCUT2D eigenvalue weighted by Crippen LogP contribution is 2.23. The number of benzene rings is 2. The molecule has 0 saturated carbocycles. The molecule has 0 spiro atoms. The Morgan fingerprint density at radius 1 is 0.842 bits per heavy atom. The second-order valence-corrected chi connectivity index (χ2v) is 4.67. The summed E-state index contributed by atoms with van der Waals surface area (Å²) in [5.74, 6) is 1.76. The Labute approximate surface area is 120 Å². The molecule has 0 amide bonds. The lowest BCUT2D eigenvalue weighted by atomic mass is 10.2. The summed E-state index contributed by atoms with van der Waals surface area (Å²) in [6.07, 6.45) is 0. The predicted molar refractivity (Wildman–Crippen MR) is 79.4 cm³/mol. The fourth-order valence-corrected chi connectivity index (χ4v) is 2.39. The molecule has 0 aliphatic rings. The average molecular weight is 314 g/mol. The minimum Gasteiger partial charge on any atom is -0.278 e. The summed E-state index contributed by atoms with van der Waals surface area (Å²) in [6.45, 7) is 0. The molecule has 0 N–H and O–H groups in total. The molecule has 0 aliphatic carbocycles.